The zero-order valence-corrected chi connectivity index (χ0v) is 18.6. The highest BCUT2D eigenvalue weighted by atomic mass is 16.5. The number of carboxylic acids is 1. The van der Waals surface area contributed by atoms with Gasteiger partial charge in [0, 0.05) is 24.9 Å². The first kappa shape index (κ1) is 22.9. The van der Waals surface area contributed by atoms with Gasteiger partial charge in [0.25, 0.3) is 0 Å². The van der Waals surface area contributed by atoms with Gasteiger partial charge < -0.3 is 19.0 Å². The number of carboxylic acid groups (broad SMARTS) is 1. The van der Waals surface area contributed by atoms with Crippen molar-refractivity contribution in [3.05, 3.63) is 46.2 Å². The van der Waals surface area contributed by atoms with Gasteiger partial charge in [-0.25, -0.2) is 9.78 Å². The van der Waals surface area contributed by atoms with Gasteiger partial charge in [0.15, 0.2) is 12.0 Å². The Kier molecular flexibility index (Phi) is 7.47. The molecule has 0 radical (unpaired) electrons. The molecule has 0 amide bonds. The normalized spacial score (nSPS) is 12.8. The fraction of sp³-hybridized carbons (Fsp3) is 0.565. The summed E-state index contributed by atoms with van der Waals surface area (Å²) in [7, 11) is 0. The van der Waals surface area contributed by atoms with Gasteiger partial charge >= 0.3 is 5.97 Å². The number of rotatable bonds is 9. The van der Waals surface area contributed by atoms with E-state index in [9.17, 15) is 9.90 Å². The number of carbonyl (C=O) groups is 1. The second-order valence-corrected chi connectivity index (χ2v) is 8.39. The van der Waals surface area contributed by atoms with E-state index < -0.39 is 12.1 Å². The van der Waals surface area contributed by atoms with Gasteiger partial charge in [0.1, 0.15) is 11.5 Å². The van der Waals surface area contributed by atoms with Gasteiger partial charge in [-0.05, 0) is 56.5 Å². The summed E-state index contributed by atoms with van der Waals surface area (Å²) in [5.74, 6) is 1.40. The van der Waals surface area contributed by atoms with Gasteiger partial charge in [0.2, 0.25) is 0 Å². The molecular weight excluding hydrogens is 370 g/mol. The lowest BCUT2D eigenvalue weighted by Gasteiger charge is -2.17. The SMILES string of the molecule is CCOC(Cc1c(C)cc(OCCc2nc(C(C)(C)C)oc2C)cc1C)C(=O)O. The minimum Gasteiger partial charge on any atom is -0.493 e. The molecule has 2 rings (SSSR count). The maximum Gasteiger partial charge on any atom is 0.333 e. The number of hydrogen-bond donors (Lipinski definition) is 1. The fourth-order valence-corrected chi connectivity index (χ4v) is 3.21. The summed E-state index contributed by atoms with van der Waals surface area (Å²) in [5, 5.41) is 9.34. The van der Waals surface area contributed by atoms with E-state index in [2.05, 4.69) is 25.8 Å². The number of ether oxygens (including phenoxy) is 2. The Balaban J connectivity index is 2.04. The molecule has 6 nitrogen and oxygen atoms in total. The average molecular weight is 404 g/mol. The highest BCUT2D eigenvalue weighted by molar-refractivity contribution is 5.73. The molecule has 0 aliphatic carbocycles. The quantitative estimate of drug-likeness (QED) is 0.661. The van der Waals surface area contributed by atoms with Gasteiger partial charge in [-0.1, -0.05) is 20.8 Å². The van der Waals surface area contributed by atoms with Crippen molar-refractivity contribution in [2.75, 3.05) is 13.2 Å². The molecule has 0 aliphatic rings. The molecule has 1 heterocycles. The first-order valence-electron chi connectivity index (χ1n) is 10.1. The molecule has 0 saturated carbocycles. The average Bonchev–Trinajstić information content (AvgIpc) is 2.98. The number of nitrogens with zero attached hydrogens (tertiary/aromatic N) is 1. The lowest BCUT2D eigenvalue weighted by atomic mass is 9.97. The molecule has 1 aromatic carbocycles. The van der Waals surface area contributed by atoms with Crippen LogP contribution >= 0.6 is 0 Å². The van der Waals surface area contributed by atoms with Crippen LogP contribution in [0.4, 0.5) is 0 Å². The molecule has 29 heavy (non-hydrogen) atoms. The topological polar surface area (TPSA) is 81.8 Å². The summed E-state index contributed by atoms with van der Waals surface area (Å²) >= 11 is 0. The Morgan fingerprint density at radius 1 is 1.21 bits per heavy atom. The Morgan fingerprint density at radius 3 is 2.31 bits per heavy atom. The summed E-state index contributed by atoms with van der Waals surface area (Å²) in [6, 6.07) is 3.90. The molecule has 1 N–H and O–H groups in total. The van der Waals surface area contributed by atoms with Gasteiger partial charge in [-0.2, -0.15) is 0 Å². The summed E-state index contributed by atoms with van der Waals surface area (Å²) < 4.78 is 17.1. The largest absolute Gasteiger partial charge is 0.493 e. The summed E-state index contributed by atoms with van der Waals surface area (Å²) in [4.78, 5) is 16.0. The highest BCUT2D eigenvalue weighted by Gasteiger charge is 2.23. The molecule has 0 spiro atoms. The van der Waals surface area contributed by atoms with Crippen molar-refractivity contribution in [2.24, 2.45) is 0 Å². The van der Waals surface area contributed by atoms with Crippen molar-refractivity contribution in [3.63, 3.8) is 0 Å². The summed E-state index contributed by atoms with van der Waals surface area (Å²) in [6.45, 7) is 14.8. The third-order valence-corrected chi connectivity index (χ3v) is 4.84. The van der Waals surface area contributed by atoms with Crippen LogP contribution in [0.25, 0.3) is 0 Å². The Bertz CT molecular complexity index is 824. The van der Waals surface area contributed by atoms with Crippen LogP contribution in [0.1, 0.15) is 61.7 Å². The van der Waals surface area contributed by atoms with Crippen LogP contribution in [0.3, 0.4) is 0 Å². The van der Waals surface area contributed by atoms with E-state index in [1.807, 2.05) is 32.9 Å². The second-order valence-electron chi connectivity index (χ2n) is 8.39. The van der Waals surface area contributed by atoms with Crippen molar-refractivity contribution < 1.29 is 23.8 Å². The zero-order valence-electron chi connectivity index (χ0n) is 18.6. The minimum atomic E-state index is -0.941. The lowest BCUT2D eigenvalue weighted by Crippen LogP contribution is -2.27. The standard InChI is InChI=1S/C23H33NO5/c1-8-27-20(21(25)26)13-18-14(2)11-17(12-15(18)3)28-10-9-19-16(4)29-22(24-19)23(5,6)7/h11-12,20H,8-10,13H2,1-7H3,(H,25,26). The minimum absolute atomic E-state index is 0.122. The third kappa shape index (κ3) is 6.07. The van der Waals surface area contributed by atoms with Crippen LogP contribution < -0.4 is 4.74 Å². The number of aryl methyl sites for hydroxylation is 3. The van der Waals surface area contributed by atoms with Gasteiger partial charge in [-0.3, -0.25) is 0 Å². The maximum absolute atomic E-state index is 11.4. The molecular formula is C23H33NO5. The lowest BCUT2D eigenvalue weighted by molar-refractivity contribution is -0.149. The van der Waals surface area contributed by atoms with Gasteiger partial charge in [0.05, 0.1) is 12.3 Å². The number of hydrogen-bond acceptors (Lipinski definition) is 5. The Hall–Kier alpha value is -2.34. The first-order valence-corrected chi connectivity index (χ1v) is 10.1. The second kappa shape index (κ2) is 9.44. The Labute approximate surface area is 173 Å². The fourth-order valence-electron chi connectivity index (χ4n) is 3.21. The smallest absolute Gasteiger partial charge is 0.333 e. The number of benzene rings is 1. The van der Waals surface area contributed by atoms with Crippen LogP contribution in [-0.4, -0.2) is 35.4 Å². The van der Waals surface area contributed by atoms with E-state index in [0.717, 1.165) is 39.8 Å². The predicted molar refractivity (Wildman–Crippen MR) is 112 cm³/mol. The van der Waals surface area contributed by atoms with Crippen LogP contribution in [0.5, 0.6) is 5.75 Å². The van der Waals surface area contributed by atoms with E-state index in [0.29, 0.717) is 26.1 Å². The molecule has 0 saturated heterocycles. The summed E-state index contributed by atoms with van der Waals surface area (Å²) in [5.41, 5.74) is 3.78. The molecule has 0 fully saturated rings. The van der Waals surface area contributed by atoms with Crippen LogP contribution in [0, 0.1) is 20.8 Å². The monoisotopic (exact) mass is 403 g/mol. The molecule has 0 aliphatic heterocycles. The van der Waals surface area contributed by atoms with Crippen molar-refractivity contribution in [2.45, 2.75) is 72.8 Å². The molecule has 1 unspecified atom stereocenters. The summed E-state index contributed by atoms with van der Waals surface area (Å²) in [6.07, 6.45) is 0.169. The van der Waals surface area contributed by atoms with E-state index in [4.69, 9.17) is 13.9 Å². The maximum atomic E-state index is 11.4. The molecule has 160 valence electrons. The van der Waals surface area contributed by atoms with Crippen LogP contribution in [0.2, 0.25) is 0 Å². The van der Waals surface area contributed by atoms with Gasteiger partial charge in [-0.15, -0.1) is 0 Å². The zero-order chi connectivity index (χ0) is 21.8. The van der Waals surface area contributed by atoms with Crippen molar-refractivity contribution in [1.29, 1.82) is 0 Å². The molecule has 6 heteroatoms. The third-order valence-electron chi connectivity index (χ3n) is 4.84. The van der Waals surface area contributed by atoms with Crippen molar-refractivity contribution in [3.8, 4) is 5.75 Å². The Morgan fingerprint density at radius 2 is 1.83 bits per heavy atom. The number of aromatic nitrogens is 1. The molecule has 1 atom stereocenters. The predicted octanol–water partition coefficient (Wildman–Crippen LogP) is 4.55. The van der Waals surface area contributed by atoms with E-state index >= 15 is 0 Å². The van der Waals surface area contributed by atoms with Crippen molar-refractivity contribution in [1.82, 2.24) is 4.98 Å². The molecule has 1 aromatic heterocycles. The van der Waals surface area contributed by atoms with E-state index in [-0.39, 0.29) is 5.41 Å². The number of oxazole rings is 1. The van der Waals surface area contributed by atoms with E-state index in [1.54, 1.807) is 6.92 Å². The molecule has 2 aromatic rings. The van der Waals surface area contributed by atoms with Crippen LogP contribution in [0.15, 0.2) is 16.5 Å². The molecule has 0 bridgehead atoms. The highest BCUT2D eigenvalue weighted by Crippen LogP contribution is 2.26. The van der Waals surface area contributed by atoms with Crippen LogP contribution in [-0.2, 0) is 27.8 Å². The van der Waals surface area contributed by atoms with Crippen molar-refractivity contribution >= 4 is 5.97 Å². The number of aliphatic carboxylic acids is 1. The van der Waals surface area contributed by atoms with E-state index in [1.165, 1.54) is 0 Å². The first-order chi connectivity index (χ1) is 13.5.